The summed E-state index contributed by atoms with van der Waals surface area (Å²) < 4.78 is 0. The lowest BCUT2D eigenvalue weighted by Gasteiger charge is -2.29. The molecule has 0 saturated carbocycles. The van der Waals surface area contributed by atoms with Crippen molar-refractivity contribution >= 4 is 17.7 Å². The first-order valence-corrected chi connectivity index (χ1v) is 8.01. The van der Waals surface area contributed by atoms with Crippen molar-refractivity contribution < 1.29 is 4.79 Å². The van der Waals surface area contributed by atoms with Crippen molar-refractivity contribution in [2.75, 3.05) is 5.75 Å². The van der Waals surface area contributed by atoms with Crippen LogP contribution in [0, 0.1) is 13.8 Å². The number of amides is 1. The molecule has 0 aromatic heterocycles. The van der Waals surface area contributed by atoms with Crippen LogP contribution in [0.15, 0.2) is 23.1 Å². The zero-order chi connectivity index (χ0) is 15.3. The highest BCUT2D eigenvalue weighted by Crippen LogP contribution is 2.26. The first-order chi connectivity index (χ1) is 9.24. The minimum absolute atomic E-state index is 0.234. The minimum Gasteiger partial charge on any atom is -0.368 e. The number of carbonyl (C=O) groups excluding carboxylic acids is 1. The Labute approximate surface area is 126 Å². The van der Waals surface area contributed by atoms with E-state index in [0.29, 0.717) is 0 Å². The van der Waals surface area contributed by atoms with Gasteiger partial charge in [-0.3, -0.25) is 4.79 Å². The predicted octanol–water partition coefficient (Wildman–Crippen LogP) is 3.03. The second-order valence-electron chi connectivity index (χ2n) is 5.86. The SMILES string of the molecule is Cc1ccc(C)c(SCCC(C)(NC(C)C)C(N)=O)c1. The standard InChI is InChI=1S/C16H26N2OS/c1-11(2)18-16(5,15(17)19)8-9-20-14-10-12(3)6-7-13(14)4/h6-7,10-11,18H,8-9H2,1-5H3,(H2,17,19). The van der Waals surface area contributed by atoms with Crippen LogP contribution in [0.1, 0.15) is 38.3 Å². The van der Waals surface area contributed by atoms with Gasteiger partial charge in [0.25, 0.3) is 0 Å². The third kappa shape index (κ3) is 4.84. The highest BCUT2D eigenvalue weighted by molar-refractivity contribution is 7.99. The topological polar surface area (TPSA) is 55.1 Å². The number of aryl methyl sites for hydroxylation is 2. The van der Waals surface area contributed by atoms with Crippen molar-refractivity contribution in [3.05, 3.63) is 29.3 Å². The molecule has 1 rings (SSSR count). The zero-order valence-corrected chi connectivity index (χ0v) is 13.9. The Kier molecular flexibility index (Phi) is 6.08. The largest absolute Gasteiger partial charge is 0.368 e. The molecule has 1 unspecified atom stereocenters. The molecule has 0 fully saturated rings. The molecular formula is C16H26N2OS. The van der Waals surface area contributed by atoms with Gasteiger partial charge in [0.05, 0.1) is 5.54 Å². The van der Waals surface area contributed by atoms with E-state index < -0.39 is 5.54 Å². The van der Waals surface area contributed by atoms with Crippen molar-refractivity contribution in [3.8, 4) is 0 Å². The van der Waals surface area contributed by atoms with Crippen LogP contribution in [0.5, 0.6) is 0 Å². The van der Waals surface area contributed by atoms with Crippen LogP contribution >= 0.6 is 11.8 Å². The second kappa shape index (κ2) is 7.14. The maximum atomic E-state index is 11.7. The Morgan fingerprint density at radius 2 is 2.05 bits per heavy atom. The molecule has 0 aliphatic carbocycles. The van der Waals surface area contributed by atoms with E-state index in [2.05, 4.69) is 37.4 Å². The molecule has 0 spiro atoms. The molecule has 0 aliphatic rings. The third-order valence-corrected chi connectivity index (χ3v) is 4.51. The van der Waals surface area contributed by atoms with Gasteiger partial charge < -0.3 is 11.1 Å². The maximum absolute atomic E-state index is 11.7. The fourth-order valence-corrected chi connectivity index (χ4v) is 3.43. The van der Waals surface area contributed by atoms with Crippen LogP contribution in [0.25, 0.3) is 0 Å². The Morgan fingerprint density at radius 3 is 2.60 bits per heavy atom. The summed E-state index contributed by atoms with van der Waals surface area (Å²) in [5.74, 6) is 0.580. The summed E-state index contributed by atoms with van der Waals surface area (Å²) in [4.78, 5) is 12.9. The Bertz CT molecular complexity index is 474. The molecule has 1 atom stereocenters. The lowest BCUT2D eigenvalue weighted by molar-refractivity contribution is -0.124. The monoisotopic (exact) mass is 294 g/mol. The lowest BCUT2D eigenvalue weighted by atomic mass is 9.97. The molecule has 0 radical (unpaired) electrons. The van der Waals surface area contributed by atoms with Crippen molar-refractivity contribution in [2.45, 2.75) is 57.5 Å². The normalized spacial score (nSPS) is 14.3. The van der Waals surface area contributed by atoms with Crippen molar-refractivity contribution in [2.24, 2.45) is 5.73 Å². The number of hydrogen-bond donors (Lipinski definition) is 2. The smallest absolute Gasteiger partial charge is 0.237 e. The van der Waals surface area contributed by atoms with Crippen molar-refractivity contribution in [1.29, 1.82) is 0 Å². The summed E-state index contributed by atoms with van der Waals surface area (Å²) in [5, 5.41) is 3.28. The van der Waals surface area contributed by atoms with Crippen molar-refractivity contribution in [1.82, 2.24) is 5.32 Å². The molecule has 0 heterocycles. The minimum atomic E-state index is -0.640. The van der Waals surface area contributed by atoms with Gasteiger partial charge in [0.2, 0.25) is 5.91 Å². The number of thioether (sulfide) groups is 1. The van der Waals surface area contributed by atoms with E-state index in [-0.39, 0.29) is 11.9 Å². The molecule has 1 aromatic carbocycles. The number of rotatable bonds is 7. The molecule has 1 aromatic rings. The zero-order valence-electron chi connectivity index (χ0n) is 13.1. The molecule has 3 N–H and O–H groups in total. The Balaban J connectivity index is 2.65. The summed E-state index contributed by atoms with van der Waals surface area (Å²) in [5.41, 5.74) is 7.44. The number of carbonyl (C=O) groups is 1. The molecule has 3 nitrogen and oxygen atoms in total. The van der Waals surface area contributed by atoms with Crippen LogP contribution in [-0.2, 0) is 4.79 Å². The quantitative estimate of drug-likeness (QED) is 0.760. The van der Waals surface area contributed by atoms with Crippen molar-refractivity contribution in [3.63, 3.8) is 0 Å². The van der Waals surface area contributed by atoms with Gasteiger partial charge in [0.1, 0.15) is 0 Å². The summed E-state index contributed by atoms with van der Waals surface area (Å²) in [7, 11) is 0. The van der Waals surface area contributed by atoms with E-state index in [0.717, 1.165) is 12.2 Å². The summed E-state index contributed by atoms with van der Waals surface area (Å²) >= 11 is 1.78. The number of benzene rings is 1. The lowest BCUT2D eigenvalue weighted by Crippen LogP contribution is -2.55. The van der Waals surface area contributed by atoms with Gasteiger partial charge >= 0.3 is 0 Å². The van der Waals surface area contributed by atoms with Crippen LogP contribution in [-0.4, -0.2) is 23.2 Å². The van der Waals surface area contributed by atoms with Crippen LogP contribution in [0.2, 0.25) is 0 Å². The van der Waals surface area contributed by atoms with E-state index >= 15 is 0 Å². The summed E-state index contributed by atoms with van der Waals surface area (Å²) in [6.07, 6.45) is 0.721. The van der Waals surface area contributed by atoms with E-state index in [1.54, 1.807) is 11.8 Å². The predicted molar refractivity (Wildman–Crippen MR) is 87.1 cm³/mol. The maximum Gasteiger partial charge on any atom is 0.237 e. The molecule has 1 amide bonds. The van der Waals surface area contributed by atoms with E-state index in [1.165, 1.54) is 16.0 Å². The second-order valence-corrected chi connectivity index (χ2v) is 7.00. The van der Waals surface area contributed by atoms with Gasteiger partial charge in [-0.25, -0.2) is 0 Å². The number of hydrogen-bond acceptors (Lipinski definition) is 3. The average molecular weight is 294 g/mol. The van der Waals surface area contributed by atoms with E-state index in [9.17, 15) is 4.79 Å². The van der Waals surface area contributed by atoms with Gasteiger partial charge in [0, 0.05) is 16.7 Å². The Morgan fingerprint density at radius 1 is 1.40 bits per heavy atom. The van der Waals surface area contributed by atoms with Crippen LogP contribution in [0.4, 0.5) is 0 Å². The molecule has 0 aliphatic heterocycles. The fraction of sp³-hybridized carbons (Fsp3) is 0.562. The molecule has 112 valence electrons. The van der Waals surface area contributed by atoms with Gasteiger partial charge in [-0.15, -0.1) is 11.8 Å². The Hall–Kier alpha value is -1.00. The molecule has 0 saturated heterocycles. The summed E-state index contributed by atoms with van der Waals surface area (Å²) in [6, 6.07) is 6.68. The molecule has 4 heteroatoms. The number of nitrogens with one attached hydrogen (secondary N) is 1. The van der Waals surface area contributed by atoms with Gasteiger partial charge in [-0.05, 0) is 52.7 Å². The molecular weight excluding hydrogens is 268 g/mol. The molecule has 20 heavy (non-hydrogen) atoms. The van der Waals surface area contributed by atoms with Gasteiger partial charge in [-0.2, -0.15) is 0 Å². The first-order valence-electron chi connectivity index (χ1n) is 7.02. The number of nitrogens with two attached hydrogens (primary N) is 1. The first kappa shape index (κ1) is 17.1. The summed E-state index contributed by atoms with van der Waals surface area (Å²) in [6.45, 7) is 10.1. The highest BCUT2D eigenvalue weighted by atomic mass is 32.2. The van der Waals surface area contributed by atoms with Gasteiger partial charge in [-0.1, -0.05) is 17.7 Å². The van der Waals surface area contributed by atoms with Crippen LogP contribution < -0.4 is 11.1 Å². The third-order valence-electron chi connectivity index (χ3n) is 3.35. The van der Waals surface area contributed by atoms with E-state index in [4.69, 9.17) is 5.73 Å². The highest BCUT2D eigenvalue weighted by Gasteiger charge is 2.30. The average Bonchev–Trinajstić information content (AvgIpc) is 2.32. The van der Waals surface area contributed by atoms with E-state index in [1.807, 2.05) is 20.8 Å². The fourth-order valence-electron chi connectivity index (χ4n) is 2.13. The van der Waals surface area contributed by atoms with Gasteiger partial charge in [0.15, 0.2) is 0 Å². The molecule has 0 bridgehead atoms. The van der Waals surface area contributed by atoms with Crippen LogP contribution in [0.3, 0.4) is 0 Å². The number of primary amides is 1.